The Labute approximate surface area is 125 Å². The average molecular weight is 332 g/mol. The highest BCUT2D eigenvalue weighted by atomic mass is 79.9. The van der Waals surface area contributed by atoms with Crippen molar-refractivity contribution in [2.45, 2.75) is 47.2 Å². The van der Waals surface area contributed by atoms with Crippen LogP contribution >= 0.6 is 15.9 Å². The highest BCUT2D eigenvalue weighted by molar-refractivity contribution is 9.10. The van der Waals surface area contributed by atoms with Crippen LogP contribution in [0.25, 0.3) is 0 Å². The van der Waals surface area contributed by atoms with Crippen molar-refractivity contribution in [1.82, 2.24) is 14.7 Å². The minimum atomic E-state index is 0.786. The second-order valence-corrected chi connectivity index (χ2v) is 5.24. The number of rotatable bonds is 9. The number of nitrogens with zero attached hydrogens (tertiary/aromatic N) is 3. The van der Waals surface area contributed by atoms with Gasteiger partial charge in [0.15, 0.2) is 0 Å². The fraction of sp³-hybridized carbons (Fsp3) is 0.786. The predicted octanol–water partition coefficient (Wildman–Crippen LogP) is 3.09. The van der Waals surface area contributed by atoms with Crippen LogP contribution < -0.4 is 0 Å². The molecule has 110 valence electrons. The zero-order valence-electron chi connectivity index (χ0n) is 12.6. The maximum Gasteiger partial charge on any atom is 0.0767 e. The largest absolute Gasteiger partial charge is 0.380 e. The summed E-state index contributed by atoms with van der Waals surface area (Å²) in [6, 6.07) is 0. The molecule has 1 aromatic heterocycles. The molecule has 0 saturated heterocycles. The van der Waals surface area contributed by atoms with Crippen LogP contribution in [-0.2, 0) is 24.2 Å². The third-order valence-electron chi connectivity index (χ3n) is 3.27. The van der Waals surface area contributed by atoms with Gasteiger partial charge in [-0.15, -0.1) is 0 Å². The molecule has 0 N–H and O–H groups in total. The van der Waals surface area contributed by atoms with Gasteiger partial charge in [-0.2, -0.15) is 5.10 Å². The van der Waals surface area contributed by atoms with E-state index in [1.165, 1.54) is 10.2 Å². The Morgan fingerprint density at radius 1 is 1.26 bits per heavy atom. The summed E-state index contributed by atoms with van der Waals surface area (Å²) in [7, 11) is 0. The van der Waals surface area contributed by atoms with Gasteiger partial charge >= 0.3 is 0 Å². The van der Waals surface area contributed by atoms with Gasteiger partial charge in [0.2, 0.25) is 0 Å². The summed E-state index contributed by atoms with van der Waals surface area (Å²) in [6.45, 7) is 13.9. The van der Waals surface area contributed by atoms with Gasteiger partial charge in [0, 0.05) is 26.2 Å². The van der Waals surface area contributed by atoms with Crippen molar-refractivity contribution in [1.29, 1.82) is 0 Å². The third kappa shape index (κ3) is 4.58. The number of ether oxygens (including phenoxy) is 1. The van der Waals surface area contributed by atoms with Gasteiger partial charge in [0.1, 0.15) is 0 Å². The van der Waals surface area contributed by atoms with Crippen LogP contribution in [0.5, 0.6) is 0 Å². The predicted molar refractivity (Wildman–Crippen MR) is 82.4 cm³/mol. The van der Waals surface area contributed by atoms with Crippen LogP contribution in [0.15, 0.2) is 4.47 Å². The number of aromatic nitrogens is 2. The molecule has 0 fully saturated rings. The number of hydrogen-bond donors (Lipinski definition) is 0. The summed E-state index contributed by atoms with van der Waals surface area (Å²) in [5.41, 5.74) is 2.43. The van der Waals surface area contributed by atoms with Crippen LogP contribution in [-0.4, -0.2) is 41.0 Å². The fourth-order valence-electron chi connectivity index (χ4n) is 2.07. The Kier molecular flexibility index (Phi) is 7.64. The van der Waals surface area contributed by atoms with E-state index < -0.39 is 0 Å². The van der Waals surface area contributed by atoms with E-state index in [4.69, 9.17) is 4.74 Å². The van der Waals surface area contributed by atoms with Gasteiger partial charge in [-0.1, -0.05) is 13.8 Å². The fourth-order valence-corrected chi connectivity index (χ4v) is 2.76. The second kappa shape index (κ2) is 8.72. The summed E-state index contributed by atoms with van der Waals surface area (Å²) in [5, 5.41) is 4.64. The standard InChI is InChI=1S/C14H26BrN3O/c1-5-12-14(15)13(18(7-3)16-12)11-17(6-2)9-10-19-8-4/h5-11H2,1-4H3. The van der Waals surface area contributed by atoms with Crippen molar-refractivity contribution < 1.29 is 4.74 Å². The molecule has 1 heterocycles. The molecule has 19 heavy (non-hydrogen) atoms. The molecule has 5 heteroatoms. The molecule has 0 spiro atoms. The Morgan fingerprint density at radius 3 is 2.53 bits per heavy atom. The first-order valence-corrected chi connectivity index (χ1v) is 8.01. The molecule has 0 radical (unpaired) electrons. The molecular formula is C14H26BrN3O. The summed E-state index contributed by atoms with van der Waals surface area (Å²) < 4.78 is 8.72. The van der Waals surface area contributed by atoms with Gasteiger partial charge in [-0.3, -0.25) is 9.58 Å². The lowest BCUT2D eigenvalue weighted by atomic mass is 10.3. The highest BCUT2D eigenvalue weighted by Crippen LogP contribution is 2.23. The van der Waals surface area contributed by atoms with Gasteiger partial charge in [0.25, 0.3) is 0 Å². The van der Waals surface area contributed by atoms with E-state index in [2.05, 4.69) is 51.4 Å². The molecule has 0 aromatic carbocycles. The quantitative estimate of drug-likeness (QED) is 0.651. The Balaban J connectivity index is 2.75. The van der Waals surface area contributed by atoms with E-state index in [-0.39, 0.29) is 0 Å². The first-order valence-electron chi connectivity index (χ1n) is 7.21. The van der Waals surface area contributed by atoms with Gasteiger partial charge in [-0.05, 0) is 42.7 Å². The van der Waals surface area contributed by atoms with Crippen molar-refractivity contribution in [3.05, 3.63) is 15.9 Å². The smallest absolute Gasteiger partial charge is 0.0767 e. The molecule has 0 unspecified atom stereocenters. The summed E-state index contributed by atoms with van der Waals surface area (Å²) >= 11 is 3.70. The molecule has 1 rings (SSSR count). The molecule has 0 aliphatic carbocycles. The molecular weight excluding hydrogens is 306 g/mol. The van der Waals surface area contributed by atoms with Crippen molar-refractivity contribution in [3.8, 4) is 0 Å². The monoisotopic (exact) mass is 331 g/mol. The summed E-state index contributed by atoms with van der Waals surface area (Å²) in [5.74, 6) is 0. The van der Waals surface area contributed by atoms with E-state index in [1.807, 2.05) is 6.92 Å². The van der Waals surface area contributed by atoms with Crippen molar-refractivity contribution in [2.24, 2.45) is 0 Å². The topological polar surface area (TPSA) is 30.3 Å². The molecule has 0 amide bonds. The third-order valence-corrected chi connectivity index (χ3v) is 4.19. The molecule has 0 saturated carbocycles. The number of halogens is 1. The van der Waals surface area contributed by atoms with Crippen LogP contribution in [0.1, 0.15) is 39.1 Å². The van der Waals surface area contributed by atoms with Crippen molar-refractivity contribution in [3.63, 3.8) is 0 Å². The van der Waals surface area contributed by atoms with Crippen LogP contribution in [0.4, 0.5) is 0 Å². The molecule has 0 atom stereocenters. The van der Waals surface area contributed by atoms with E-state index in [0.29, 0.717) is 0 Å². The average Bonchev–Trinajstić information content (AvgIpc) is 2.74. The molecule has 0 bridgehead atoms. The van der Waals surface area contributed by atoms with E-state index in [0.717, 1.165) is 51.5 Å². The Bertz CT molecular complexity index is 379. The normalized spacial score (nSPS) is 11.5. The first-order chi connectivity index (χ1) is 9.17. The molecule has 0 aliphatic rings. The lowest BCUT2D eigenvalue weighted by Crippen LogP contribution is -2.28. The zero-order chi connectivity index (χ0) is 14.3. The minimum Gasteiger partial charge on any atom is -0.380 e. The van der Waals surface area contributed by atoms with Gasteiger partial charge < -0.3 is 4.74 Å². The van der Waals surface area contributed by atoms with E-state index in [1.54, 1.807) is 0 Å². The van der Waals surface area contributed by atoms with Gasteiger partial charge in [0.05, 0.1) is 22.5 Å². The second-order valence-electron chi connectivity index (χ2n) is 4.44. The highest BCUT2D eigenvalue weighted by Gasteiger charge is 2.16. The maximum atomic E-state index is 5.44. The minimum absolute atomic E-state index is 0.786. The Hall–Kier alpha value is -0.390. The lowest BCUT2D eigenvalue weighted by Gasteiger charge is -2.20. The van der Waals surface area contributed by atoms with E-state index in [9.17, 15) is 0 Å². The molecule has 4 nitrogen and oxygen atoms in total. The van der Waals surface area contributed by atoms with Crippen LogP contribution in [0.2, 0.25) is 0 Å². The number of aryl methyl sites for hydroxylation is 2. The SMILES string of the molecule is CCOCCN(CC)Cc1c(Br)c(CC)nn1CC. The van der Waals surface area contributed by atoms with E-state index >= 15 is 0 Å². The molecule has 1 aromatic rings. The van der Waals surface area contributed by atoms with Gasteiger partial charge in [-0.25, -0.2) is 0 Å². The van der Waals surface area contributed by atoms with Crippen molar-refractivity contribution in [2.75, 3.05) is 26.3 Å². The summed E-state index contributed by atoms with van der Waals surface area (Å²) in [6.07, 6.45) is 0.964. The van der Waals surface area contributed by atoms with Crippen molar-refractivity contribution >= 4 is 15.9 Å². The summed E-state index contributed by atoms with van der Waals surface area (Å²) in [4.78, 5) is 2.39. The maximum absolute atomic E-state index is 5.44. The molecule has 0 aliphatic heterocycles. The van der Waals surface area contributed by atoms with Crippen LogP contribution in [0, 0.1) is 0 Å². The first kappa shape index (κ1) is 16.7. The number of likely N-dealkylation sites (N-methyl/N-ethyl adjacent to an activating group) is 1. The number of hydrogen-bond acceptors (Lipinski definition) is 3. The zero-order valence-corrected chi connectivity index (χ0v) is 14.2. The lowest BCUT2D eigenvalue weighted by molar-refractivity contribution is 0.111. The Morgan fingerprint density at radius 2 is 2.00 bits per heavy atom. The van der Waals surface area contributed by atoms with Crippen LogP contribution in [0.3, 0.4) is 0 Å².